The number of aromatic nitrogens is 1. The Morgan fingerprint density at radius 1 is 1.44 bits per heavy atom. The molecule has 0 fully saturated rings. The molecule has 1 aliphatic carbocycles. The molecule has 3 rings (SSSR count). The zero-order valence-electron chi connectivity index (χ0n) is 15.5. The molecule has 0 bridgehead atoms. The normalized spacial score (nSPS) is 19.4. The van der Waals surface area contributed by atoms with Crippen LogP contribution in [0.15, 0.2) is 40.8 Å². The van der Waals surface area contributed by atoms with Gasteiger partial charge in [0.05, 0.1) is 11.4 Å². The highest BCUT2D eigenvalue weighted by Crippen LogP contribution is 2.44. The highest BCUT2D eigenvalue weighted by atomic mass is 32.1. The van der Waals surface area contributed by atoms with E-state index in [9.17, 15) is 0 Å². The molecule has 0 saturated heterocycles. The number of hydrogen-bond donors (Lipinski definition) is 3. The number of nitrogens with one attached hydrogen (secondary N) is 2. The number of thiol groups is 1. The van der Waals surface area contributed by atoms with E-state index in [1.807, 2.05) is 0 Å². The van der Waals surface area contributed by atoms with Crippen molar-refractivity contribution in [3.8, 4) is 0 Å². The maximum absolute atomic E-state index is 4.28. The number of rotatable bonds is 4. The minimum atomic E-state index is 0.0359. The molecule has 25 heavy (non-hydrogen) atoms. The lowest BCUT2D eigenvalue weighted by Crippen LogP contribution is -2.29. The molecule has 0 aliphatic heterocycles. The summed E-state index contributed by atoms with van der Waals surface area (Å²) >= 11 is 4.23. The van der Waals surface area contributed by atoms with Gasteiger partial charge >= 0.3 is 0 Å². The Bertz CT molecular complexity index is 884. The summed E-state index contributed by atoms with van der Waals surface area (Å²) in [4.78, 5) is 3.58. The van der Waals surface area contributed by atoms with Gasteiger partial charge in [0, 0.05) is 23.1 Å². The first-order valence-corrected chi connectivity index (χ1v) is 9.30. The molecule has 1 aromatic heterocycles. The van der Waals surface area contributed by atoms with Crippen LogP contribution in [-0.2, 0) is 5.41 Å². The zero-order valence-corrected chi connectivity index (χ0v) is 16.4. The molecular weight excluding hydrogens is 326 g/mol. The molecule has 0 spiro atoms. The van der Waals surface area contributed by atoms with Gasteiger partial charge in [0.2, 0.25) is 0 Å². The molecule has 1 aromatic carbocycles. The Morgan fingerprint density at radius 3 is 2.84 bits per heavy atom. The summed E-state index contributed by atoms with van der Waals surface area (Å²) in [6, 6.07) is 6.51. The van der Waals surface area contributed by atoms with Crippen molar-refractivity contribution >= 4 is 35.1 Å². The SMILES string of the molecule is C=C(NCCC)c1ccc2[nH]c3c(c2c1)C(C)(C)CC(=C/C)/C3=N\S. The quantitative estimate of drug-likeness (QED) is 0.633. The fourth-order valence-electron chi connectivity index (χ4n) is 3.80. The van der Waals surface area contributed by atoms with E-state index >= 15 is 0 Å². The van der Waals surface area contributed by atoms with E-state index in [0.717, 1.165) is 47.6 Å². The van der Waals surface area contributed by atoms with E-state index in [2.05, 4.69) is 86.1 Å². The molecule has 2 N–H and O–H groups in total. The van der Waals surface area contributed by atoms with E-state index in [1.165, 1.54) is 16.5 Å². The predicted molar refractivity (Wildman–Crippen MR) is 113 cm³/mol. The smallest absolute Gasteiger partial charge is 0.0976 e. The van der Waals surface area contributed by atoms with Crippen LogP contribution in [0.4, 0.5) is 0 Å². The van der Waals surface area contributed by atoms with Crippen LogP contribution in [0.5, 0.6) is 0 Å². The van der Waals surface area contributed by atoms with Crippen molar-refractivity contribution in [1.82, 2.24) is 10.3 Å². The lowest BCUT2D eigenvalue weighted by atomic mass is 9.71. The maximum atomic E-state index is 4.28. The van der Waals surface area contributed by atoms with Gasteiger partial charge in [-0.05, 0) is 66.8 Å². The molecule has 3 nitrogen and oxygen atoms in total. The Kier molecular flexibility index (Phi) is 4.83. The minimum absolute atomic E-state index is 0.0359. The summed E-state index contributed by atoms with van der Waals surface area (Å²) in [6.07, 6.45) is 4.19. The van der Waals surface area contributed by atoms with E-state index < -0.39 is 0 Å². The van der Waals surface area contributed by atoms with E-state index in [-0.39, 0.29) is 5.41 Å². The van der Waals surface area contributed by atoms with E-state index in [1.54, 1.807) is 0 Å². The van der Waals surface area contributed by atoms with Gasteiger partial charge < -0.3 is 10.3 Å². The van der Waals surface area contributed by atoms with Crippen LogP contribution in [0.2, 0.25) is 0 Å². The average molecular weight is 354 g/mol. The fraction of sp³-hybridized carbons (Fsp3) is 0.381. The van der Waals surface area contributed by atoms with Crippen molar-refractivity contribution in [2.45, 2.75) is 46.0 Å². The topological polar surface area (TPSA) is 40.2 Å². The Morgan fingerprint density at radius 2 is 2.20 bits per heavy atom. The van der Waals surface area contributed by atoms with Gasteiger partial charge in [-0.2, -0.15) is 0 Å². The molecule has 1 aliphatic rings. The van der Waals surface area contributed by atoms with E-state index in [4.69, 9.17) is 0 Å². The third-order valence-electron chi connectivity index (χ3n) is 5.03. The van der Waals surface area contributed by atoms with Crippen molar-refractivity contribution in [1.29, 1.82) is 0 Å². The van der Waals surface area contributed by atoms with Crippen LogP contribution < -0.4 is 5.32 Å². The van der Waals surface area contributed by atoms with Crippen molar-refractivity contribution in [2.24, 2.45) is 4.40 Å². The number of hydrogen-bond acceptors (Lipinski definition) is 3. The molecule has 0 unspecified atom stereocenters. The molecule has 4 heteroatoms. The molecule has 132 valence electrons. The number of fused-ring (bicyclic) bond motifs is 3. The summed E-state index contributed by atoms with van der Waals surface area (Å²) in [5.41, 5.74) is 7.91. The van der Waals surface area contributed by atoms with Crippen molar-refractivity contribution < 1.29 is 0 Å². The molecular formula is C21H27N3S. The van der Waals surface area contributed by atoms with Gasteiger partial charge in [0.25, 0.3) is 0 Å². The van der Waals surface area contributed by atoms with Gasteiger partial charge in [-0.3, -0.25) is 0 Å². The lowest BCUT2D eigenvalue weighted by Gasteiger charge is -2.33. The van der Waals surface area contributed by atoms with Crippen LogP contribution in [0.25, 0.3) is 16.6 Å². The summed E-state index contributed by atoms with van der Waals surface area (Å²) in [7, 11) is 0. The van der Waals surface area contributed by atoms with Crippen molar-refractivity contribution in [2.75, 3.05) is 6.54 Å². The van der Waals surface area contributed by atoms with Crippen LogP contribution in [0, 0.1) is 0 Å². The number of aromatic amines is 1. The third-order valence-corrected chi connectivity index (χ3v) is 5.23. The monoisotopic (exact) mass is 353 g/mol. The fourth-order valence-corrected chi connectivity index (χ4v) is 4.03. The zero-order chi connectivity index (χ0) is 18.2. The highest BCUT2D eigenvalue weighted by molar-refractivity contribution is 7.79. The second-order valence-electron chi connectivity index (χ2n) is 7.36. The maximum Gasteiger partial charge on any atom is 0.0976 e. The standard InChI is InChI=1S/C21H27N3S/c1-6-10-22-13(3)15-8-9-17-16(11-15)18-20(23-17)19(24-25)14(7-2)12-21(18,4)5/h7-9,11,22-23,25H,3,6,10,12H2,1-2,4-5H3/b14-7-,24-19+. The summed E-state index contributed by atoms with van der Waals surface area (Å²) in [6.45, 7) is 14.0. The second-order valence-corrected chi connectivity index (χ2v) is 7.56. The van der Waals surface area contributed by atoms with Gasteiger partial charge in [-0.1, -0.05) is 39.5 Å². The summed E-state index contributed by atoms with van der Waals surface area (Å²) in [5.74, 6) is 0. The van der Waals surface area contributed by atoms with E-state index in [0.29, 0.717) is 0 Å². The molecule has 0 atom stereocenters. The molecule has 0 saturated carbocycles. The molecule has 0 amide bonds. The number of benzene rings is 1. The van der Waals surface area contributed by atoms with Gasteiger partial charge in [-0.15, -0.1) is 0 Å². The minimum Gasteiger partial charge on any atom is -0.385 e. The summed E-state index contributed by atoms with van der Waals surface area (Å²) < 4.78 is 4.28. The van der Waals surface area contributed by atoms with Crippen molar-refractivity contribution in [3.05, 3.63) is 53.2 Å². The van der Waals surface area contributed by atoms with Crippen LogP contribution >= 0.6 is 12.8 Å². The molecule has 1 heterocycles. The summed E-state index contributed by atoms with van der Waals surface area (Å²) in [5, 5.41) is 4.64. The average Bonchev–Trinajstić information content (AvgIpc) is 2.98. The van der Waals surface area contributed by atoms with Gasteiger partial charge in [0.1, 0.15) is 0 Å². The Balaban J connectivity index is 2.19. The van der Waals surface area contributed by atoms with Crippen molar-refractivity contribution in [3.63, 3.8) is 0 Å². The third kappa shape index (κ3) is 3.04. The highest BCUT2D eigenvalue weighted by Gasteiger charge is 2.36. The number of allylic oxidation sites excluding steroid dienone is 2. The van der Waals surface area contributed by atoms with Crippen LogP contribution in [-0.4, -0.2) is 17.2 Å². The number of H-pyrrole nitrogens is 1. The molecule has 2 aromatic rings. The number of nitrogens with zero attached hydrogens (tertiary/aromatic N) is 1. The van der Waals surface area contributed by atoms with Crippen LogP contribution in [0.1, 0.15) is 57.4 Å². The molecule has 0 radical (unpaired) electrons. The first-order chi connectivity index (χ1) is 11.9. The largest absolute Gasteiger partial charge is 0.385 e. The predicted octanol–water partition coefficient (Wildman–Crippen LogP) is 5.40. The first kappa shape index (κ1) is 17.9. The first-order valence-electron chi connectivity index (χ1n) is 8.90. The van der Waals surface area contributed by atoms with Gasteiger partial charge in [-0.25, -0.2) is 4.40 Å². The lowest BCUT2D eigenvalue weighted by molar-refractivity contribution is 0.523. The van der Waals surface area contributed by atoms with Gasteiger partial charge in [0.15, 0.2) is 0 Å². The Hall–Kier alpha value is -1.94. The second kappa shape index (κ2) is 6.75. The Labute approximate surface area is 155 Å². The van der Waals surface area contributed by atoms with Crippen LogP contribution in [0.3, 0.4) is 0 Å².